The molecule has 202 valence electrons. The molecule has 13 heteroatoms. The van der Waals surface area contributed by atoms with Crippen molar-refractivity contribution in [2.24, 2.45) is 11.8 Å². The molecule has 1 aromatic rings. The topological polar surface area (TPSA) is 132 Å². The van der Waals surface area contributed by atoms with Crippen LogP contribution in [0, 0.1) is 17.7 Å². The molecule has 2 amide bonds. The number of methoxy groups -OCH3 is 1. The first-order chi connectivity index (χ1) is 17.3. The second-order valence-corrected chi connectivity index (χ2v) is 9.94. The summed E-state index contributed by atoms with van der Waals surface area (Å²) in [6, 6.07) is 0.0487. The van der Waals surface area contributed by atoms with Crippen molar-refractivity contribution in [3.8, 4) is 0 Å². The van der Waals surface area contributed by atoms with Crippen LogP contribution in [0.15, 0.2) is 0 Å². The molecule has 0 bridgehead atoms. The Morgan fingerprint density at radius 1 is 1.28 bits per heavy atom. The maximum atomic E-state index is 15.5. The number of rotatable bonds is 13. The van der Waals surface area contributed by atoms with E-state index in [0.29, 0.717) is 32.0 Å². The van der Waals surface area contributed by atoms with E-state index in [4.69, 9.17) is 21.4 Å². The maximum Gasteiger partial charge on any atom is 0.404 e. The smallest absolute Gasteiger partial charge is 0.404 e. The van der Waals surface area contributed by atoms with E-state index in [1.54, 1.807) is 7.11 Å². The van der Waals surface area contributed by atoms with Gasteiger partial charge < -0.3 is 25.0 Å². The van der Waals surface area contributed by atoms with Gasteiger partial charge in [-0.15, -0.1) is 0 Å². The number of nitrogens with zero attached hydrogens (tertiary/aromatic N) is 4. The summed E-state index contributed by atoms with van der Waals surface area (Å²) in [5, 5.41) is 11.1. The molecule has 2 aliphatic rings. The monoisotopic (exact) mass is 529 g/mol. The fourth-order valence-electron chi connectivity index (χ4n) is 5.05. The molecule has 1 aliphatic heterocycles. The number of hydrogen-bond donors (Lipinski definition) is 4. The van der Waals surface area contributed by atoms with Gasteiger partial charge in [0.2, 0.25) is 17.0 Å². The SMILES string of the molecule is COCCN(C)C[C@@H]1CCCN1c1nc(Cl)nc(NNC(=O)[C@@H](CNC(=O)O)CC2CCCC2)c1F. The Balaban J connectivity index is 1.67. The van der Waals surface area contributed by atoms with Crippen LogP contribution in [-0.2, 0) is 9.53 Å². The number of hydrazine groups is 1. The van der Waals surface area contributed by atoms with E-state index in [9.17, 15) is 9.59 Å². The Morgan fingerprint density at radius 3 is 2.72 bits per heavy atom. The minimum Gasteiger partial charge on any atom is -0.465 e. The van der Waals surface area contributed by atoms with E-state index in [0.717, 1.165) is 45.1 Å². The predicted octanol–water partition coefficient (Wildman–Crippen LogP) is 2.72. The molecule has 0 spiro atoms. The largest absolute Gasteiger partial charge is 0.465 e. The first-order valence-electron chi connectivity index (χ1n) is 12.5. The van der Waals surface area contributed by atoms with Gasteiger partial charge in [0.1, 0.15) is 0 Å². The molecule has 4 N–H and O–H groups in total. The third kappa shape index (κ3) is 8.04. The van der Waals surface area contributed by atoms with E-state index in [-0.39, 0.29) is 29.5 Å². The zero-order chi connectivity index (χ0) is 26.1. The highest BCUT2D eigenvalue weighted by molar-refractivity contribution is 6.28. The van der Waals surface area contributed by atoms with E-state index in [2.05, 4.69) is 31.0 Å². The molecule has 0 aromatic carbocycles. The quantitative estimate of drug-likeness (QED) is 0.225. The summed E-state index contributed by atoms with van der Waals surface area (Å²) in [6.07, 6.45) is 5.38. The molecule has 2 atom stereocenters. The van der Waals surface area contributed by atoms with Gasteiger partial charge in [0.05, 0.1) is 12.5 Å². The third-order valence-corrected chi connectivity index (χ3v) is 7.09. The third-order valence-electron chi connectivity index (χ3n) is 6.92. The van der Waals surface area contributed by atoms with Crippen LogP contribution in [0.5, 0.6) is 0 Å². The Hall–Kier alpha value is -2.44. The number of carbonyl (C=O) groups is 2. The molecule has 1 saturated carbocycles. The molecule has 2 fully saturated rings. The summed E-state index contributed by atoms with van der Waals surface area (Å²) in [5.74, 6) is -1.52. The summed E-state index contributed by atoms with van der Waals surface area (Å²) in [4.78, 5) is 36.0. The Labute approximate surface area is 216 Å². The molecule has 11 nitrogen and oxygen atoms in total. The lowest BCUT2D eigenvalue weighted by molar-refractivity contribution is -0.124. The average Bonchev–Trinajstić information content (AvgIpc) is 3.52. The molecule has 2 heterocycles. The van der Waals surface area contributed by atoms with E-state index >= 15 is 4.39 Å². The molecular weight excluding hydrogens is 493 g/mol. The zero-order valence-corrected chi connectivity index (χ0v) is 21.7. The summed E-state index contributed by atoms with van der Waals surface area (Å²) in [5.41, 5.74) is 5.05. The van der Waals surface area contributed by atoms with Crippen LogP contribution in [-0.4, -0.2) is 85.0 Å². The summed E-state index contributed by atoms with van der Waals surface area (Å²) in [7, 11) is 3.64. The number of amides is 2. The predicted molar refractivity (Wildman–Crippen MR) is 135 cm³/mol. The molecule has 1 saturated heterocycles. The lowest BCUT2D eigenvalue weighted by Crippen LogP contribution is -2.42. The molecule has 3 rings (SSSR count). The number of nitrogens with one attached hydrogen (secondary N) is 3. The van der Waals surface area contributed by atoms with Crippen molar-refractivity contribution in [2.75, 3.05) is 57.3 Å². The summed E-state index contributed by atoms with van der Waals surface area (Å²) in [6.45, 7) is 2.68. The number of carboxylic acid groups (broad SMARTS) is 1. The van der Waals surface area contributed by atoms with Gasteiger partial charge in [0, 0.05) is 39.3 Å². The van der Waals surface area contributed by atoms with Gasteiger partial charge in [0.15, 0.2) is 11.6 Å². The second kappa shape index (κ2) is 13.8. The highest BCUT2D eigenvalue weighted by Gasteiger charge is 2.31. The Bertz CT molecular complexity index is 890. The van der Waals surface area contributed by atoms with Crippen LogP contribution in [0.2, 0.25) is 5.28 Å². The Kier molecular flexibility index (Phi) is 10.7. The molecule has 1 aliphatic carbocycles. The molecule has 36 heavy (non-hydrogen) atoms. The zero-order valence-electron chi connectivity index (χ0n) is 20.9. The number of anilines is 2. The van der Waals surface area contributed by atoms with E-state index in [1.165, 1.54) is 0 Å². The molecule has 1 aromatic heterocycles. The number of ether oxygens (including phenoxy) is 1. The van der Waals surface area contributed by atoms with Crippen molar-refractivity contribution >= 4 is 35.2 Å². The van der Waals surface area contributed by atoms with Crippen molar-refractivity contribution < 1.29 is 23.8 Å². The van der Waals surface area contributed by atoms with Crippen LogP contribution in [0.25, 0.3) is 0 Å². The van der Waals surface area contributed by atoms with Crippen molar-refractivity contribution in [3.05, 3.63) is 11.1 Å². The highest BCUT2D eigenvalue weighted by atomic mass is 35.5. The van der Waals surface area contributed by atoms with Gasteiger partial charge in [-0.2, -0.15) is 14.4 Å². The lowest BCUT2D eigenvalue weighted by Gasteiger charge is -2.30. The van der Waals surface area contributed by atoms with Crippen LogP contribution in [0.1, 0.15) is 44.9 Å². The van der Waals surface area contributed by atoms with Crippen LogP contribution >= 0.6 is 11.6 Å². The van der Waals surface area contributed by atoms with Crippen LogP contribution in [0.3, 0.4) is 0 Å². The first kappa shape index (κ1) is 28.1. The van der Waals surface area contributed by atoms with Crippen molar-refractivity contribution in [1.29, 1.82) is 0 Å². The van der Waals surface area contributed by atoms with Gasteiger partial charge in [-0.05, 0) is 43.8 Å². The maximum absolute atomic E-state index is 15.5. The molecular formula is C23H37ClFN7O4. The minimum atomic E-state index is -1.20. The highest BCUT2D eigenvalue weighted by Crippen LogP contribution is 2.32. The number of hydrogen-bond acceptors (Lipinski definition) is 8. The van der Waals surface area contributed by atoms with Gasteiger partial charge in [-0.25, -0.2) is 4.79 Å². The van der Waals surface area contributed by atoms with Crippen molar-refractivity contribution in [1.82, 2.24) is 25.6 Å². The normalized spacial score (nSPS) is 19.0. The minimum absolute atomic E-state index is 0.0242. The average molecular weight is 530 g/mol. The first-order valence-corrected chi connectivity index (χ1v) is 12.9. The summed E-state index contributed by atoms with van der Waals surface area (Å²) >= 11 is 6.13. The van der Waals surface area contributed by atoms with Gasteiger partial charge in [-0.3, -0.25) is 15.6 Å². The number of halogens is 2. The van der Waals surface area contributed by atoms with Crippen LogP contribution in [0.4, 0.5) is 20.8 Å². The van der Waals surface area contributed by atoms with Crippen molar-refractivity contribution in [2.45, 2.75) is 51.0 Å². The Morgan fingerprint density at radius 2 is 2.03 bits per heavy atom. The van der Waals surface area contributed by atoms with Crippen LogP contribution < -0.4 is 21.1 Å². The fourth-order valence-corrected chi connectivity index (χ4v) is 5.21. The van der Waals surface area contributed by atoms with E-state index in [1.807, 2.05) is 11.9 Å². The van der Waals surface area contributed by atoms with E-state index < -0.39 is 23.7 Å². The lowest BCUT2D eigenvalue weighted by atomic mass is 9.92. The number of carbonyl (C=O) groups excluding carboxylic acids is 1. The van der Waals surface area contributed by atoms with Gasteiger partial charge in [-0.1, -0.05) is 25.7 Å². The molecule has 0 unspecified atom stereocenters. The van der Waals surface area contributed by atoms with Gasteiger partial charge >= 0.3 is 6.09 Å². The number of likely N-dealkylation sites (N-methyl/N-ethyl adjacent to an activating group) is 1. The summed E-state index contributed by atoms with van der Waals surface area (Å²) < 4.78 is 20.6. The number of aromatic nitrogens is 2. The van der Waals surface area contributed by atoms with Gasteiger partial charge in [0.25, 0.3) is 0 Å². The standard InChI is InChI=1S/C23H37ClFN7O4/c1-31(10-11-36-2)14-17-8-5-9-32(17)20-18(25)19(27-22(24)28-20)29-30-21(33)16(13-26-23(34)35)12-15-6-3-4-7-15/h15-17,26H,3-14H2,1-2H3,(H,30,33)(H,34,35)(H,27,28,29)/t16-,17+/m1/s1. The fraction of sp³-hybridized carbons (Fsp3) is 0.739. The second-order valence-electron chi connectivity index (χ2n) is 9.61. The molecule has 0 radical (unpaired) electrons. The van der Waals surface area contributed by atoms with Crippen molar-refractivity contribution in [3.63, 3.8) is 0 Å².